The lowest BCUT2D eigenvalue weighted by Gasteiger charge is -2.05. The van der Waals surface area contributed by atoms with E-state index >= 15 is 0 Å². The molecule has 0 aliphatic heterocycles. The Kier molecular flexibility index (Phi) is 10.7. The molecule has 0 aliphatic rings. The summed E-state index contributed by atoms with van der Waals surface area (Å²) < 4.78 is 58.8. The van der Waals surface area contributed by atoms with Crippen LogP contribution in [0, 0.1) is 36.5 Å². The molecule has 0 amide bonds. The minimum atomic E-state index is -4.16. The van der Waals surface area contributed by atoms with Crippen LogP contribution >= 0.6 is 0 Å². The maximum atomic E-state index is 12.3. The van der Waals surface area contributed by atoms with E-state index in [-0.39, 0.29) is 21.2 Å². The molecule has 0 bridgehead atoms. The van der Waals surface area contributed by atoms with Crippen LogP contribution in [0.2, 0.25) is 0 Å². The Labute approximate surface area is 267 Å². The van der Waals surface area contributed by atoms with E-state index in [0.717, 1.165) is 27.8 Å². The molecule has 0 spiro atoms. The summed E-state index contributed by atoms with van der Waals surface area (Å²) in [5.41, 5.74) is 9.39. The molecule has 0 aliphatic carbocycles. The first kappa shape index (κ1) is 33.1. The van der Waals surface area contributed by atoms with Gasteiger partial charge in [0, 0.05) is 0 Å². The van der Waals surface area contributed by atoms with Gasteiger partial charge in [-0.3, -0.25) is 4.28 Å². The van der Waals surface area contributed by atoms with Crippen LogP contribution in [0.15, 0.2) is 130 Å². The number of hydrogen-bond acceptors (Lipinski definition) is 10. The predicted molar refractivity (Wildman–Crippen MR) is 173 cm³/mol. The average molecular weight is 651 g/mol. The summed E-state index contributed by atoms with van der Waals surface area (Å²) in [5.74, 6) is 0. The molecule has 230 valence electrons. The van der Waals surface area contributed by atoms with Crippen molar-refractivity contribution in [2.24, 2.45) is 5.16 Å². The van der Waals surface area contributed by atoms with Crippen molar-refractivity contribution in [3.63, 3.8) is 0 Å². The number of nitrogens with one attached hydrogen (secondary N) is 1. The Morgan fingerprint density at radius 1 is 0.696 bits per heavy atom. The van der Waals surface area contributed by atoms with Crippen molar-refractivity contribution < 1.29 is 25.4 Å². The van der Waals surface area contributed by atoms with Crippen molar-refractivity contribution in [2.75, 3.05) is 0 Å². The van der Waals surface area contributed by atoms with Crippen LogP contribution in [-0.2, 0) is 28.8 Å². The molecular weight excluding hydrogens is 625 g/mol. The first-order chi connectivity index (χ1) is 22.0. The molecule has 4 aromatic carbocycles. The van der Waals surface area contributed by atoms with Gasteiger partial charge in [0.2, 0.25) is 0 Å². The molecule has 4 aromatic rings. The lowest BCUT2D eigenvalue weighted by Crippen LogP contribution is -2.19. The van der Waals surface area contributed by atoms with Crippen LogP contribution in [0.1, 0.15) is 22.3 Å². The van der Waals surface area contributed by atoms with Crippen molar-refractivity contribution in [2.45, 2.75) is 23.6 Å². The van der Waals surface area contributed by atoms with E-state index in [9.17, 15) is 27.4 Å². The van der Waals surface area contributed by atoms with Gasteiger partial charge in [0.15, 0.2) is 11.4 Å². The van der Waals surface area contributed by atoms with Gasteiger partial charge < -0.3 is 0 Å². The summed E-state index contributed by atoms with van der Waals surface area (Å²) in [6.45, 7) is 3.65. The Hall–Kier alpha value is -5.75. The smallest absolute Gasteiger partial charge is 0.263 e. The van der Waals surface area contributed by atoms with Gasteiger partial charge in [-0.25, -0.2) is 5.48 Å². The summed E-state index contributed by atoms with van der Waals surface area (Å²) in [5, 5.41) is 22.2. The number of allylic oxidation sites excluding steroid dienone is 2. The van der Waals surface area contributed by atoms with Gasteiger partial charge in [-0.1, -0.05) is 101 Å². The zero-order chi connectivity index (χ0) is 33.2. The molecule has 0 heterocycles. The maximum absolute atomic E-state index is 12.3. The van der Waals surface area contributed by atoms with Crippen LogP contribution < -0.4 is 5.48 Å². The van der Waals surface area contributed by atoms with Gasteiger partial charge in [0.1, 0.15) is 17.0 Å². The third kappa shape index (κ3) is 9.13. The number of oxime groups is 1. The van der Waals surface area contributed by atoms with Gasteiger partial charge >= 0.3 is 20.2 Å². The molecule has 0 saturated carbocycles. The molecular formula is C34H26N4O6S2. The normalized spacial score (nSPS) is 11.6. The second kappa shape index (κ2) is 14.8. The third-order valence-corrected chi connectivity index (χ3v) is 8.58. The van der Waals surface area contributed by atoms with Crippen molar-refractivity contribution in [3.8, 4) is 23.3 Å². The number of rotatable bonds is 11. The Bertz CT molecular complexity index is 2140. The molecule has 0 unspecified atom stereocenters. The molecule has 4 rings (SSSR count). The number of aryl methyl sites for hydroxylation is 2. The number of benzene rings is 4. The quantitative estimate of drug-likeness (QED) is 0.0863. The second-order valence-electron chi connectivity index (χ2n) is 9.74. The maximum Gasteiger partial charge on any atom is 0.358 e. The van der Waals surface area contributed by atoms with Crippen LogP contribution in [0.3, 0.4) is 0 Å². The van der Waals surface area contributed by atoms with E-state index in [0.29, 0.717) is 5.56 Å². The molecule has 46 heavy (non-hydrogen) atoms. The number of hydrogen-bond donors (Lipinski definition) is 1. The van der Waals surface area contributed by atoms with Crippen molar-refractivity contribution in [1.82, 2.24) is 5.48 Å². The van der Waals surface area contributed by atoms with E-state index in [1.54, 1.807) is 54.6 Å². The van der Waals surface area contributed by atoms with Crippen LogP contribution in [0.4, 0.5) is 0 Å². The van der Waals surface area contributed by atoms with Crippen LogP contribution in [0.5, 0.6) is 0 Å². The van der Waals surface area contributed by atoms with Gasteiger partial charge in [0.25, 0.3) is 0 Å². The van der Waals surface area contributed by atoms with Crippen molar-refractivity contribution >= 4 is 38.1 Å². The average Bonchev–Trinajstić information content (AvgIpc) is 3.06. The predicted octanol–water partition coefficient (Wildman–Crippen LogP) is 6.20. The monoisotopic (exact) mass is 650 g/mol. The standard InChI is InChI=1S/C34H26N4O6S2/c1-25-3-19-33(20-4-25)45(39,40)43-37-31(23-35)17-11-27-7-13-29(14-8-27)30-15-9-28(10-16-30)12-18-32(24-36)38-44-46(41,42)34-21-5-26(2)6-22-34/h3-17,19-22,38H,1-2H3. The molecule has 0 saturated heterocycles. The molecule has 0 aromatic heterocycles. The highest BCUT2D eigenvalue weighted by Gasteiger charge is 2.16. The lowest BCUT2D eigenvalue weighted by molar-refractivity contribution is 0.242. The molecule has 0 atom stereocenters. The summed E-state index contributed by atoms with van der Waals surface area (Å²) in [6, 6.07) is 30.4. The largest absolute Gasteiger partial charge is 0.358 e. The van der Waals surface area contributed by atoms with Crippen molar-refractivity contribution in [1.29, 1.82) is 10.5 Å². The van der Waals surface area contributed by atoms with E-state index < -0.39 is 20.2 Å². The van der Waals surface area contributed by atoms with Gasteiger partial charge in [-0.05, 0) is 72.5 Å². The molecule has 10 nitrogen and oxygen atoms in total. The fourth-order valence-electron chi connectivity index (χ4n) is 3.75. The summed E-state index contributed by atoms with van der Waals surface area (Å²) >= 11 is 0. The SMILES string of the molecule is Cc1ccc(S(=O)(=O)ON=C(C#N)C=Cc2ccc(-c3ccc(C=C=C(C#N)NOS(=O)(=O)c4ccc(C)cc4)cc3)cc2)cc1. The van der Waals surface area contributed by atoms with E-state index in [1.807, 2.05) is 50.2 Å². The lowest BCUT2D eigenvalue weighted by atomic mass is 10.0. The van der Waals surface area contributed by atoms with E-state index in [2.05, 4.69) is 16.4 Å². The number of hydroxylamine groups is 1. The highest BCUT2D eigenvalue weighted by atomic mass is 32.2. The molecule has 12 heteroatoms. The highest BCUT2D eigenvalue weighted by Crippen LogP contribution is 2.21. The first-order valence-corrected chi connectivity index (χ1v) is 16.3. The minimum Gasteiger partial charge on any atom is -0.263 e. The van der Waals surface area contributed by atoms with Gasteiger partial charge in [0.05, 0.1) is 4.90 Å². The fourth-order valence-corrected chi connectivity index (χ4v) is 5.24. The third-order valence-electron chi connectivity index (χ3n) is 6.30. The molecule has 1 N–H and O–H groups in total. The highest BCUT2D eigenvalue weighted by molar-refractivity contribution is 7.87. The molecule has 0 radical (unpaired) electrons. The zero-order valence-corrected chi connectivity index (χ0v) is 26.2. The molecule has 0 fully saturated rings. The number of nitrogens with zero attached hydrogens (tertiary/aromatic N) is 3. The van der Waals surface area contributed by atoms with E-state index in [1.165, 1.54) is 36.4 Å². The summed E-state index contributed by atoms with van der Waals surface area (Å²) in [6.07, 6.45) is 4.46. The topological polar surface area (TPSA) is 159 Å². The number of nitriles is 2. The minimum absolute atomic E-state index is 0.0518. The van der Waals surface area contributed by atoms with Gasteiger partial charge in [-0.2, -0.15) is 27.4 Å². The Morgan fingerprint density at radius 3 is 1.70 bits per heavy atom. The van der Waals surface area contributed by atoms with Crippen LogP contribution in [0.25, 0.3) is 23.3 Å². The fraction of sp³-hybridized carbons (Fsp3) is 0.0588. The van der Waals surface area contributed by atoms with Crippen molar-refractivity contribution in [3.05, 3.63) is 137 Å². The summed E-state index contributed by atoms with van der Waals surface area (Å²) in [7, 11) is -8.28. The summed E-state index contributed by atoms with van der Waals surface area (Å²) in [4.78, 5) is -0.121. The zero-order valence-electron chi connectivity index (χ0n) is 24.6. The Morgan fingerprint density at radius 2 is 1.20 bits per heavy atom. The van der Waals surface area contributed by atoms with Crippen LogP contribution in [-0.4, -0.2) is 22.5 Å². The first-order valence-electron chi connectivity index (χ1n) is 13.5. The van der Waals surface area contributed by atoms with Gasteiger partial charge in [-0.15, -0.1) is 4.28 Å². The van der Waals surface area contributed by atoms with E-state index in [4.69, 9.17) is 8.57 Å². The Balaban J connectivity index is 1.38. The second-order valence-corrected chi connectivity index (χ2v) is 12.8.